The summed E-state index contributed by atoms with van der Waals surface area (Å²) in [5.41, 5.74) is 7.08. The van der Waals surface area contributed by atoms with Crippen molar-refractivity contribution in [3.05, 3.63) is 35.4 Å². The number of nitrogens with two attached hydrogens (primary N) is 1. The molecule has 0 radical (unpaired) electrons. The molecule has 0 aromatic heterocycles. The molecule has 0 unspecified atom stereocenters. The van der Waals surface area contributed by atoms with Gasteiger partial charge in [-0.25, -0.2) is 0 Å². The molecular formula is C18H28ClN3O2. The van der Waals surface area contributed by atoms with E-state index in [2.05, 4.69) is 5.32 Å². The van der Waals surface area contributed by atoms with E-state index in [1.807, 2.05) is 38.1 Å². The highest BCUT2D eigenvalue weighted by atomic mass is 35.5. The maximum absolute atomic E-state index is 12.2. The van der Waals surface area contributed by atoms with Crippen LogP contribution in [0.25, 0.3) is 0 Å². The minimum absolute atomic E-state index is 0. The quantitative estimate of drug-likeness (QED) is 0.825. The van der Waals surface area contributed by atoms with Gasteiger partial charge in [-0.15, -0.1) is 12.4 Å². The Kier molecular flexibility index (Phi) is 7.70. The Morgan fingerprint density at radius 2 is 1.67 bits per heavy atom. The Bertz CT molecular complexity index is 550. The summed E-state index contributed by atoms with van der Waals surface area (Å²) in [5.74, 6) is -0.0317. The third-order valence-corrected chi connectivity index (χ3v) is 4.65. The molecule has 1 aromatic rings. The van der Waals surface area contributed by atoms with Gasteiger partial charge in [0, 0.05) is 25.2 Å². The number of hydrogen-bond donors (Lipinski definition) is 2. The highest BCUT2D eigenvalue weighted by molar-refractivity contribution is 5.94. The number of halogens is 1. The van der Waals surface area contributed by atoms with E-state index in [4.69, 9.17) is 5.73 Å². The predicted molar refractivity (Wildman–Crippen MR) is 98.2 cm³/mol. The summed E-state index contributed by atoms with van der Waals surface area (Å²) < 4.78 is 0. The normalized spacial score (nSPS) is 15.5. The van der Waals surface area contributed by atoms with Crippen LogP contribution in [0.15, 0.2) is 24.3 Å². The van der Waals surface area contributed by atoms with Crippen LogP contribution >= 0.6 is 12.4 Å². The fourth-order valence-corrected chi connectivity index (χ4v) is 3.05. The number of rotatable bonds is 6. The smallest absolute Gasteiger partial charge is 0.253 e. The first-order valence-corrected chi connectivity index (χ1v) is 8.45. The van der Waals surface area contributed by atoms with Gasteiger partial charge >= 0.3 is 0 Å². The van der Waals surface area contributed by atoms with Gasteiger partial charge in [0.15, 0.2) is 0 Å². The van der Waals surface area contributed by atoms with Crippen LogP contribution in [-0.4, -0.2) is 35.3 Å². The second-order valence-corrected chi connectivity index (χ2v) is 6.22. The van der Waals surface area contributed by atoms with Crippen LogP contribution in [-0.2, 0) is 11.3 Å². The molecule has 0 atom stereocenters. The summed E-state index contributed by atoms with van der Waals surface area (Å²) in [6.45, 7) is 5.78. The lowest BCUT2D eigenvalue weighted by Crippen LogP contribution is -2.51. The molecule has 134 valence electrons. The highest BCUT2D eigenvalue weighted by Crippen LogP contribution is 2.27. The number of carbonyl (C=O) groups excluding carboxylic acids is 2. The standard InChI is InChI=1S/C18H27N3O2.ClH/c1-3-21(4-2)16(22)15-9-7-14(8-10-15)13-20-17(23)18(19)11-5-6-12-18;/h7-10H,3-6,11-13,19H2,1-2H3,(H,20,23);1H. The molecule has 0 heterocycles. The van der Waals surface area contributed by atoms with Crippen molar-refractivity contribution in [2.24, 2.45) is 5.73 Å². The molecule has 0 saturated heterocycles. The lowest BCUT2D eigenvalue weighted by molar-refractivity contribution is -0.126. The van der Waals surface area contributed by atoms with Crippen molar-refractivity contribution in [2.45, 2.75) is 51.6 Å². The van der Waals surface area contributed by atoms with E-state index < -0.39 is 5.54 Å². The minimum Gasteiger partial charge on any atom is -0.350 e. The van der Waals surface area contributed by atoms with Crippen LogP contribution < -0.4 is 11.1 Å². The Hall–Kier alpha value is -1.59. The van der Waals surface area contributed by atoms with Gasteiger partial charge < -0.3 is 16.0 Å². The Morgan fingerprint density at radius 1 is 1.12 bits per heavy atom. The van der Waals surface area contributed by atoms with Gasteiger partial charge in [0.25, 0.3) is 5.91 Å². The number of hydrogen-bond acceptors (Lipinski definition) is 3. The maximum Gasteiger partial charge on any atom is 0.253 e. The Balaban J connectivity index is 0.00000288. The van der Waals surface area contributed by atoms with Crippen molar-refractivity contribution in [1.29, 1.82) is 0 Å². The van der Waals surface area contributed by atoms with Gasteiger partial charge in [-0.2, -0.15) is 0 Å². The predicted octanol–water partition coefficient (Wildman–Crippen LogP) is 2.48. The summed E-state index contributed by atoms with van der Waals surface area (Å²) >= 11 is 0. The van der Waals surface area contributed by atoms with Crippen LogP contribution in [0.4, 0.5) is 0 Å². The summed E-state index contributed by atoms with van der Waals surface area (Å²) in [6.07, 6.45) is 3.56. The zero-order valence-electron chi connectivity index (χ0n) is 14.5. The van der Waals surface area contributed by atoms with Crippen molar-refractivity contribution in [2.75, 3.05) is 13.1 Å². The zero-order valence-corrected chi connectivity index (χ0v) is 15.3. The van der Waals surface area contributed by atoms with Crippen molar-refractivity contribution >= 4 is 24.2 Å². The molecule has 24 heavy (non-hydrogen) atoms. The Labute approximate surface area is 150 Å². The van der Waals surface area contributed by atoms with Crippen molar-refractivity contribution in [3.63, 3.8) is 0 Å². The summed E-state index contributed by atoms with van der Waals surface area (Å²) in [7, 11) is 0. The molecule has 1 fully saturated rings. The van der Waals surface area contributed by atoms with E-state index in [1.165, 1.54) is 0 Å². The first kappa shape index (κ1) is 20.5. The lowest BCUT2D eigenvalue weighted by Gasteiger charge is -2.22. The topological polar surface area (TPSA) is 75.4 Å². The third-order valence-electron chi connectivity index (χ3n) is 4.65. The van der Waals surface area contributed by atoms with E-state index in [9.17, 15) is 9.59 Å². The number of benzene rings is 1. The van der Waals surface area contributed by atoms with E-state index in [0.717, 1.165) is 31.2 Å². The highest BCUT2D eigenvalue weighted by Gasteiger charge is 2.36. The molecule has 0 spiro atoms. The van der Waals surface area contributed by atoms with Gasteiger partial charge in [-0.05, 0) is 44.4 Å². The number of amides is 2. The van der Waals surface area contributed by atoms with Crippen molar-refractivity contribution < 1.29 is 9.59 Å². The van der Waals surface area contributed by atoms with Gasteiger partial charge in [0.2, 0.25) is 5.91 Å². The monoisotopic (exact) mass is 353 g/mol. The Morgan fingerprint density at radius 3 is 2.17 bits per heavy atom. The molecule has 1 aromatic carbocycles. The molecule has 2 rings (SSSR count). The van der Waals surface area contributed by atoms with Crippen molar-refractivity contribution in [1.82, 2.24) is 10.2 Å². The molecule has 6 heteroatoms. The van der Waals surface area contributed by atoms with Gasteiger partial charge in [-0.1, -0.05) is 25.0 Å². The molecule has 5 nitrogen and oxygen atoms in total. The van der Waals surface area contributed by atoms with Crippen LogP contribution in [0.2, 0.25) is 0 Å². The van der Waals surface area contributed by atoms with Crippen LogP contribution in [0, 0.1) is 0 Å². The van der Waals surface area contributed by atoms with E-state index in [-0.39, 0.29) is 24.2 Å². The minimum atomic E-state index is -0.696. The molecular weight excluding hydrogens is 326 g/mol. The van der Waals surface area contributed by atoms with E-state index in [1.54, 1.807) is 4.90 Å². The van der Waals surface area contributed by atoms with Crippen LogP contribution in [0.1, 0.15) is 55.5 Å². The fourth-order valence-electron chi connectivity index (χ4n) is 3.05. The number of nitrogens with one attached hydrogen (secondary N) is 1. The van der Waals surface area contributed by atoms with Crippen LogP contribution in [0.3, 0.4) is 0 Å². The summed E-state index contributed by atoms with van der Waals surface area (Å²) in [6, 6.07) is 7.40. The molecule has 1 aliphatic carbocycles. The SMILES string of the molecule is CCN(CC)C(=O)c1ccc(CNC(=O)C2(N)CCCC2)cc1.Cl. The fraction of sp³-hybridized carbons (Fsp3) is 0.556. The van der Waals surface area contributed by atoms with Gasteiger partial charge in [-0.3, -0.25) is 9.59 Å². The molecule has 3 N–H and O–H groups in total. The van der Waals surface area contributed by atoms with E-state index >= 15 is 0 Å². The molecule has 1 saturated carbocycles. The first-order chi connectivity index (χ1) is 11.0. The van der Waals surface area contributed by atoms with Crippen molar-refractivity contribution in [3.8, 4) is 0 Å². The van der Waals surface area contributed by atoms with Gasteiger partial charge in [0.1, 0.15) is 0 Å². The van der Waals surface area contributed by atoms with Gasteiger partial charge in [0.05, 0.1) is 5.54 Å². The lowest BCUT2D eigenvalue weighted by atomic mass is 9.98. The van der Waals surface area contributed by atoms with Crippen LogP contribution in [0.5, 0.6) is 0 Å². The zero-order chi connectivity index (χ0) is 16.9. The summed E-state index contributed by atoms with van der Waals surface area (Å²) in [5, 5.41) is 2.92. The summed E-state index contributed by atoms with van der Waals surface area (Å²) in [4.78, 5) is 26.2. The van der Waals surface area contributed by atoms with E-state index in [0.29, 0.717) is 25.2 Å². The number of nitrogens with zero attached hydrogens (tertiary/aromatic N) is 1. The maximum atomic E-state index is 12.2. The molecule has 0 bridgehead atoms. The second kappa shape index (κ2) is 9.04. The average molecular weight is 354 g/mol. The average Bonchev–Trinajstić information content (AvgIpc) is 3.02. The number of carbonyl (C=O) groups is 2. The molecule has 1 aliphatic rings. The second-order valence-electron chi connectivity index (χ2n) is 6.22. The largest absolute Gasteiger partial charge is 0.350 e. The molecule has 0 aliphatic heterocycles. The molecule has 2 amide bonds. The third kappa shape index (κ3) is 4.71. The first-order valence-electron chi connectivity index (χ1n) is 8.45.